The van der Waals surface area contributed by atoms with E-state index in [0.29, 0.717) is 24.7 Å². The fourth-order valence-corrected chi connectivity index (χ4v) is 1.45. The van der Waals surface area contributed by atoms with Gasteiger partial charge in [-0.2, -0.15) is 5.10 Å². The van der Waals surface area contributed by atoms with Gasteiger partial charge in [-0.25, -0.2) is 9.97 Å². The summed E-state index contributed by atoms with van der Waals surface area (Å²) in [6.07, 6.45) is 4.87. The summed E-state index contributed by atoms with van der Waals surface area (Å²) >= 11 is 0. The van der Waals surface area contributed by atoms with Gasteiger partial charge in [-0.3, -0.25) is 9.48 Å². The molecule has 90 valence electrons. The number of hydrogen-bond acceptors (Lipinski definition) is 5. The van der Waals surface area contributed by atoms with Gasteiger partial charge < -0.3 is 9.88 Å². The van der Waals surface area contributed by atoms with Gasteiger partial charge in [0.15, 0.2) is 11.6 Å². The number of nitrogens with zero attached hydrogens (tertiary/aromatic N) is 5. The molecular weight excluding hydrogens is 220 g/mol. The van der Waals surface area contributed by atoms with Gasteiger partial charge >= 0.3 is 0 Å². The second-order valence-electron chi connectivity index (χ2n) is 3.56. The van der Waals surface area contributed by atoms with Crippen LogP contribution in [-0.4, -0.2) is 24.3 Å². The summed E-state index contributed by atoms with van der Waals surface area (Å²) in [5.74, 6) is 0.947. The molecule has 0 aliphatic heterocycles. The van der Waals surface area contributed by atoms with Crippen molar-refractivity contribution >= 4 is 5.82 Å². The third-order valence-electron chi connectivity index (χ3n) is 2.32. The Labute approximate surface area is 98.1 Å². The van der Waals surface area contributed by atoms with E-state index in [1.165, 1.54) is 0 Å². The smallest absolute Gasteiger partial charge is 0.293 e. The zero-order chi connectivity index (χ0) is 12.3. The standard InChI is InChI=1S/C10H14N6O/c1-3-16-5-4-11-9(10(16)17)12-6-8-13-7-15(2)14-8/h4-5,7H,3,6H2,1-2H3,(H,11,12). The van der Waals surface area contributed by atoms with Crippen molar-refractivity contribution in [2.75, 3.05) is 5.32 Å². The fraction of sp³-hybridized carbons (Fsp3) is 0.400. The average molecular weight is 234 g/mol. The van der Waals surface area contributed by atoms with E-state index in [4.69, 9.17) is 0 Å². The molecule has 0 atom stereocenters. The lowest BCUT2D eigenvalue weighted by Gasteiger charge is -2.05. The summed E-state index contributed by atoms with van der Waals surface area (Å²) < 4.78 is 3.20. The van der Waals surface area contributed by atoms with Gasteiger partial charge in [0.2, 0.25) is 0 Å². The van der Waals surface area contributed by atoms with Crippen molar-refractivity contribution in [3.05, 3.63) is 34.9 Å². The van der Waals surface area contributed by atoms with E-state index in [9.17, 15) is 4.79 Å². The molecule has 2 heterocycles. The minimum Gasteiger partial charge on any atom is -0.358 e. The van der Waals surface area contributed by atoms with Crippen LogP contribution in [0.4, 0.5) is 5.82 Å². The van der Waals surface area contributed by atoms with Crippen molar-refractivity contribution in [1.82, 2.24) is 24.3 Å². The molecule has 0 bridgehead atoms. The molecule has 2 aromatic rings. The highest BCUT2D eigenvalue weighted by Crippen LogP contribution is 1.96. The summed E-state index contributed by atoms with van der Waals surface area (Å²) in [7, 11) is 1.79. The Hall–Kier alpha value is -2.18. The van der Waals surface area contributed by atoms with E-state index in [2.05, 4.69) is 20.4 Å². The third kappa shape index (κ3) is 2.49. The quantitative estimate of drug-likeness (QED) is 0.806. The molecule has 0 fully saturated rings. The fourth-order valence-electron chi connectivity index (χ4n) is 1.45. The zero-order valence-electron chi connectivity index (χ0n) is 9.79. The van der Waals surface area contributed by atoms with E-state index in [-0.39, 0.29) is 5.56 Å². The molecule has 7 nitrogen and oxygen atoms in total. The largest absolute Gasteiger partial charge is 0.358 e. The van der Waals surface area contributed by atoms with Gasteiger partial charge in [-0.1, -0.05) is 0 Å². The van der Waals surface area contributed by atoms with Crippen LogP contribution in [0.15, 0.2) is 23.5 Å². The highest BCUT2D eigenvalue weighted by atomic mass is 16.1. The lowest BCUT2D eigenvalue weighted by Crippen LogP contribution is -2.23. The molecule has 2 aromatic heterocycles. The van der Waals surface area contributed by atoms with Crippen LogP contribution in [0, 0.1) is 0 Å². The Kier molecular flexibility index (Phi) is 3.17. The van der Waals surface area contributed by atoms with Gasteiger partial charge in [0.1, 0.15) is 6.33 Å². The highest BCUT2D eigenvalue weighted by Gasteiger charge is 2.04. The minimum absolute atomic E-state index is 0.133. The van der Waals surface area contributed by atoms with Crippen molar-refractivity contribution in [2.24, 2.45) is 7.05 Å². The Bertz CT molecular complexity index is 558. The summed E-state index contributed by atoms with van der Waals surface area (Å²) in [4.78, 5) is 19.9. The molecule has 0 unspecified atom stereocenters. The predicted octanol–water partition coefficient (Wildman–Crippen LogP) is 0.00380. The molecule has 0 aliphatic carbocycles. The van der Waals surface area contributed by atoms with Crippen LogP contribution in [0.3, 0.4) is 0 Å². The molecular formula is C10H14N6O. The first-order valence-electron chi connectivity index (χ1n) is 5.34. The van der Waals surface area contributed by atoms with Gasteiger partial charge in [0.25, 0.3) is 5.56 Å². The Morgan fingerprint density at radius 3 is 2.88 bits per heavy atom. The second-order valence-corrected chi connectivity index (χ2v) is 3.56. The summed E-state index contributed by atoms with van der Waals surface area (Å²) in [5, 5.41) is 7.04. The first-order valence-corrected chi connectivity index (χ1v) is 5.34. The lowest BCUT2D eigenvalue weighted by molar-refractivity contribution is 0.716. The maximum absolute atomic E-state index is 11.8. The van der Waals surface area contributed by atoms with Gasteiger partial charge in [-0.15, -0.1) is 0 Å². The second kappa shape index (κ2) is 4.77. The summed E-state index contributed by atoms with van der Waals surface area (Å²) in [6.45, 7) is 2.92. The van der Waals surface area contributed by atoms with Crippen molar-refractivity contribution in [1.29, 1.82) is 0 Å². The van der Waals surface area contributed by atoms with Gasteiger partial charge in [-0.05, 0) is 6.92 Å². The normalized spacial score (nSPS) is 10.5. The van der Waals surface area contributed by atoms with Crippen LogP contribution in [0.1, 0.15) is 12.7 Å². The maximum Gasteiger partial charge on any atom is 0.293 e. The van der Waals surface area contributed by atoms with Crippen LogP contribution in [0.25, 0.3) is 0 Å². The van der Waals surface area contributed by atoms with Gasteiger partial charge in [0.05, 0.1) is 6.54 Å². The number of aryl methyl sites for hydroxylation is 2. The van der Waals surface area contributed by atoms with Crippen LogP contribution in [0.2, 0.25) is 0 Å². The molecule has 0 radical (unpaired) electrons. The SMILES string of the molecule is CCn1ccnc(NCc2ncn(C)n2)c1=O. The van der Waals surface area contributed by atoms with Gasteiger partial charge in [0, 0.05) is 26.0 Å². The lowest BCUT2D eigenvalue weighted by atomic mass is 10.5. The van der Waals surface area contributed by atoms with Crippen molar-refractivity contribution in [3.63, 3.8) is 0 Å². The maximum atomic E-state index is 11.8. The molecule has 0 spiro atoms. The van der Waals surface area contributed by atoms with E-state index >= 15 is 0 Å². The number of hydrogen-bond donors (Lipinski definition) is 1. The molecule has 0 saturated heterocycles. The van der Waals surface area contributed by atoms with Crippen molar-refractivity contribution in [3.8, 4) is 0 Å². The molecule has 0 amide bonds. The molecule has 17 heavy (non-hydrogen) atoms. The van der Waals surface area contributed by atoms with E-state index in [1.807, 2.05) is 6.92 Å². The van der Waals surface area contributed by atoms with Crippen LogP contribution < -0.4 is 10.9 Å². The molecule has 7 heteroatoms. The molecule has 1 N–H and O–H groups in total. The summed E-state index contributed by atoms with van der Waals surface area (Å²) in [6, 6.07) is 0. The predicted molar refractivity (Wildman–Crippen MR) is 62.5 cm³/mol. The first kappa shape index (κ1) is 11.3. The molecule has 0 aromatic carbocycles. The molecule has 2 rings (SSSR count). The number of aromatic nitrogens is 5. The zero-order valence-corrected chi connectivity index (χ0v) is 9.79. The number of anilines is 1. The third-order valence-corrected chi connectivity index (χ3v) is 2.32. The van der Waals surface area contributed by atoms with Crippen LogP contribution in [-0.2, 0) is 20.1 Å². The Morgan fingerprint density at radius 1 is 1.41 bits per heavy atom. The van der Waals surface area contributed by atoms with E-state index in [1.54, 1.807) is 35.0 Å². The Morgan fingerprint density at radius 2 is 2.24 bits per heavy atom. The van der Waals surface area contributed by atoms with Crippen LogP contribution >= 0.6 is 0 Å². The number of nitrogens with one attached hydrogen (secondary N) is 1. The Balaban J connectivity index is 2.11. The topological polar surface area (TPSA) is 77.6 Å². The monoisotopic (exact) mass is 234 g/mol. The average Bonchev–Trinajstić information content (AvgIpc) is 2.74. The molecule has 0 aliphatic rings. The minimum atomic E-state index is -0.133. The van der Waals surface area contributed by atoms with Crippen molar-refractivity contribution in [2.45, 2.75) is 20.0 Å². The van der Waals surface area contributed by atoms with E-state index in [0.717, 1.165) is 0 Å². The first-order chi connectivity index (χ1) is 8.20. The van der Waals surface area contributed by atoms with Crippen molar-refractivity contribution < 1.29 is 0 Å². The number of rotatable bonds is 4. The van der Waals surface area contributed by atoms with Crippen LogP contribution in [0.5, 0.6) is 0 Å². The molecule has 0 saturated carbocycles. The highest BCUT2D eigenvalue weighted by molar-refractivity contribution is 5.30. The summed E-state index contributed by atoms with van der Waals surface area (Å²) in [5.41, 5.74) is -0.133. The van der Waals surface area contributed by atoms with E-state index < -0.39 is 0 Å².